The van der Waals surface area contributed by atoms with Gasteiger partial charge in [-0.3, -0.25) is 0 Å². The van der Waals surface area contributed by atoms with Gasteiger partial charge in [0, 0.05) is 5.69 Å². The lowest BCUT2D eigenvalue weighted by Gasteiger charge is -2.18. The standard InChI is InChI=1S/C13H16F2N2O4/c1-7(2)10(11(18)19)17-13(20)16-8-3-5-9(6-4-8)21-12(14)15/h3-7,10,12H,1-2H3,(H,18,19)(H2,16,17,20)/t10-/m0/s1. The second-order valence-electron chi connectivity index (χ2n) is 4.56. The molecule has 0 radical (unpaired) electrons. The molecule has 0 spiro atoms. The van der Waals surface area contributed by atoms with Crippen LogP contribution in [0.5, 0.6) is 5.75 Å². The largest absolute Gasteiger partial charge is 0.480 e. The highest BCUT2D eigenvalue weighted by Crippen LogP contribution is 2.17. The number of hydrogen-bond acceptors (Lipinski definition) is 3. The molecule has 0 unspecified atom stereocenters. The number of rotatable bonds is 6. The Bertz CT molecular complexity index is 491. The van der Waals surface area contributed by atoms with Crippen LogP contribution in [-0.2, 0) is 4.79 Å². The lowest BCUT2D eigenvalue weighted by Crippen LogP contribution is -2.46. The summed E-state index contributed by atoms with van der Waals surface area (Å²) in [5, 5.41) is 13.7. The Balaban J connectivity index is 2.60. The van der Waals surface area contributed by atoms with Crippen LogP contribution in [-0.4, -0.2) is 29.8 Å². The first kappa shape index (κ1) is 16.7. The zero-order valence-electron chi connectivity index (χ0n) is 11.5. The Morgan fingerprint density at radius 1 is 1.19 bits per heavy atom. The Morgan fingerprint density at radius 2 is 1.76 bits per heavy atom. The second-order valence-corrected chi connectivity index (χ2v) is 4.56. The average molecular weight is 302 g/mol. The van der Waals surface area contributed by atoms with Crippen LogP contribution in [0.15, 0.2) is 24.3 Å². The van der Waals surface area contributed by atoms with E-state index in [9.17, 15) is 18.4 Å². The molecule has 2 amide bonds. The van der Waals surface area contributed by atoms with E-state index in [0.717, 1.165) is 0 Å². The normalized spacial score (nSPS) is 12.1. The first-order chi connectivity index (χ1) is 9.79. The smallest absolute Gasteiger partial charge is 0.387 e. The maximum absolute atomic E-state index is 12.0. The molecule has 0 fully saturated rings. The summed E-state index contributed by atoms with van der Waals surface area (Å²) in [7, 11) is 0. The van der Waals surface area contributed by atoms with E-state index in [1.165, 1.54) is 24.3 Å². The van der Waals surface area contributed by atoms with E-state index in [2.05, 4.69) is 15.4 Å². The van der Waals surface area contributed by atoms with E-state index in [-0.39, 0.29) is 11.7 Å². The summed E-state index contributed by atoms with van der Waals surface area (Å²) in [6.07, 6.45) is 0. The number of carbonyl (C=O) groups is 2. The second kappa shape index (κ2) is 7.41. The number of alkyl halides is 2. The SMILES string of the molecule is CC(C)[C@H](NC(=O)Nc1ccc(OC(F)F)cc1)C(=O)O. The van der Waals surface area contributed by atoms with E-state index in [1.807, 2.05) is 0 Å². The predicted octanol–water partition coefficient (Wildman–Crippen LogP) is 2.52. The van der Waals surface area contributed by atoms with Gasteiger partial charge in [-0.25, -0.2) is 9.59 Å². The number of carbonyl (C=O) groups excluding carboxylic acids is 1. The topological polar surface area (TPSA) is 87.7 Å². The number of nitrogens with one attached hydrogen (secondary N) is 2. The Morgan fingerprint density at radius 3 is 2.19 bits per heavy atom. The third-order valence-corrected chi connectivity index (χ3v) is 2.56. The molecule has 3 N–H and O–H groups in total. The summed E-state index contributed by atoms with van der Waals surface area (Å²) >= 11 is 0. The molecule has 1 aromatic carbocycles. The third-order valence-electron chi connectivity index (χ3n) is 2.56. The molecule has 0 aliphatic heterocycles. The zero-order chi connectivity index (χ0) is 16.0. The number of carboxylic acids is 1. The van der Waals surface area contributed by atoms with Crippen LogP contribution in [0.3, 0.4) is 0 Å². The van der Waals surface area contributed by atoms with Crippen molar-refractivity contribution >= 4 is 17.7 Å². The number of amides is 2. The van der Waals surface area contributed by atoms with Crippen molar-refractivity contribution < 1.29 is 28.2 Å². The molecular formula is C13H16F2N2O4. The number of halogens is 2. The molecule has 0 aliphatic rings. The van der Waals surface area contributed by atoms with Gasteiger partial charge < -0.3 is 20.5 Å². The Hall–Kier alpha value is -2.38. The van der Waals surface area contributed by atoms with Gasteiger partial charge in [-0.05, 0) is 30.2 Å². The van der Waals surface area contributed by atoms with Gasteiger partial charge >= 0.3 is 18.6 Å². The summed E-state index contributed by atoms with van der Waals surface area (Å²) in [6, 6.07) is 3.54. The van der Waals surface area contributed by atoms with Crippen molar-refractivity contribution in [2.24, 2.45) is 5.92 Å². The van der Waals surface area contributed by atoms with Crippen molar-refractivity contribution in [1.82, 2.24) is 5.32 Å². The van der Waals surface area contributed by atoms with E-state index in [1.54, 1.807) is 13.8 Å². The molecule has 0 saturated carbocycles. The van der Waals surface area contributed by atoms with E-state index >= 15 is 0 Å². The molecule has 1 rings (SSSR count). The minimum atomic E-state index is -2.92. The van der Waals surface area contributed by atoms with Crippen molar-refractivity contribution in [3.8, 4) is 5.75 Å². The van der Waals surface area contributed by atoms with Gasteiger partial charge in [0.15, 0.2) is 0 Å². The van der Waals surface area contributed by atoms with Crippen molar-refractivity contribution in [3.05, 3.63) is 24.3 Å². The number of aliphatic carboxylic acids is 1. The number of carboxylic acid groups (broad SMARTS) is 1. The van der Waals surface area contributed by atoms with Gasteiger partial charge in [0.05, 0.1) is 0 Å². The van der Waals surface area contributed by atoms with Crippen LogP contribution >= 0.6 is 0 Å². The third kappa shape index (κ3) is 5.64. The monoisotopic (exact) mass is 302 g/mol. The molecule has 0 aromatic heterocycles. The lowest BCUT2D eigenvalue weighted by atomic mass is 10.1. The predicted molar refractivity (Wildman–Crippen MR) is 71.5 cm³/mol. The van der Waals surface area contributed by atoms with Gasteiger partial charge in [0.25, 0.3) is 0 Å². The number of ether oxygens (including phenoxy) is 1. The zero-order valence-corrected chi connectivity index (χ0v) is 11.5. The minimum Gasteiger partial charge on any atom is -0.480 e. The van der Waals surface area contributed by atoms with Crippen LogP contribution in [0.4, 0.5) is 19.3 Å². The van der Waals surface area contributed by atoms with Crippen LogP contribution in [0.25, 0.3) is 0 Å². The van der Waals surface area contributed by atoms with Gasteiger partial charge in [-0.1, -0.05) is 13.8 Å². The minimum absolute atomic E-state index is 0.0402. The average Bonchev–Trinajstić information content (AvgIpc) is 2.37. The molecule has 0 bridgehead atoms. The Kier molecular flexibility index (Phi) is 5.89. The first-order valence-corrected chi connectivity index (χ1v) is 6.14. The molecule has 0 aliphatic carbocycles. The molecule has 0 heterocycles. The molecule has 1 aromatic rings. The fourth-order valence-corrected chi connectivity index (χ4v) is 1.54. The van der Waals surface area contributed by atoms with Crippen LogP contribution in [0.1, 0.15) is 13.8 Å². The van der Waals surface area contributed by atoms with Crippen LogP contribution < -0.4 is 15.4 Å². The molecular weight excluding hydrogens is 286 g/mol. The number of benzene rings is 1. The van der Waals surface area contributed by atoms with Crippen molar-refractivity contribution in [2.45, 2.75) is 26.5 Å². The molecule has 8 heteroatoms. The van der Waals surface area contributed by atoms with E-state index in [4.69, 9.17) is 5.11 Å². The maximum Gasteiger partial charge on any atom is 0.387 e. The fraction of sp³-hybridized carbons (Fsp3) is 0.385. The number of urea groups is 1. The fourth-order valence-electron chi connectivity index (χ4n) is 1.54. The van der Waals surface area contributed by atoms with Crippen LogP contribution in [0.2, 0.25) is 0 Å². The van der Waals surface area contributed by atoms with Crippen molar-refractivity contribution in [1.29, 1.82) is 0 Å². The van der Waals surface area contributed by atoms with E-state index in [0.29, 0.717) is 5.69 Å². The Labute approximate surface area is 120 Å². The van der Waals surface area contributed by atoms with Gasteiger partial charge in [-0.2, -0.15) is 8.78 Å². The quantitative estimate of drug-likeness (QED) is 0.753. The number of anilines is 1. The van der Waals surface area contributed by atoms with Crippen molar-refractivity contribution in [2.75, 3.05) is 5.32 Å². The first-order valence-electron chi connectivity index (χ1n) is 6.14. The molecule has 21 heavy (non-hydrogen) atoms. The molecule has 0 saturated heterocycles. The highest BCUT2D eigenvalue weighted by molar-refractivity contribution is 5.92. The summed E-state index contributed by atoms with van der Waals surface area (Å²) in [5.41, 5.74) is 0.321. The lowest BCUT2D eigenvalue weighted by molar-refractivity contribution is -0.140. The molecule has 1 atom stereocenters. The summed E-state index contributed by atoms with van der Waals surface area (Å²) in [4.78, 5) is 22.6. The van der Waals surface area contributed by atoms with E-state index < -0.39 is 24.7 Å². The van der Waals surface area contributed by atoms with Crippen LogP contribution in [0, 0.1) is 5.92 Å². The summed E-state index contributed by atoms with van der Waals surface area (Å²) < 4.78 is 28.1. The van der Waals surface area contributed by atoms with Gasteiger partial charge in [0.1, 0.15) is 11.8 Å². The number of hydrogen-bond donors (Lipinski definition) is 3. The van der Waals surface area contributed by atoms with Gasteiger partial charge in [0.2, 0.25) is 0 Å². The highest BCUT2D eigenvalue weighted by atomic mass is 19.3. The highest BCUT2D eigenvalue weighted by Gasteiger charge is 2.23. The summed E-state index contributed by atoms with van der Waals surface area (Å²) in [6.45, 7) is 0.403. The molecule has 6 nitrogen and oxygen atoms in total. The maximum atomic E-state index is 12.0. The van der Waals surface area contributed by atoms with Crippen molar-refractivity contribution in [3.63, 3.8) is 0 Å². The molecule has 116 valence electrons. The summed E-state index contributed by atoms with van der Waals surface area (Å²) in [5.74, 6) is -1.46. The van der Waals surface area contributed by atoms with Gasteiger partial charge in [-0.15, -0.1) is 0 Å².